The van der Waals surface area contributed by atoms with Crippen molar-refractivity contribution >= 4 is 6.29 Å². The van der Waals surface area contributed by atoms with Gasteiger partial charge in [-0.05, 0) is 25.3 Å². The summed E-state index contributed by atoms with van der Waals surface area (Å²) >= 11 is 0. The first kappa shape index (κ1) is 10.4. The van der Waals surface area contributed by atoms with E-state index in [2.05, 4.69) is 4.89 Å². The molecule has 0 N–H and O–H groups in total. The Balaban J connectivity index is 1.88. The monoisotopic (exact) mass is 186 g/mol. The molecule has 13 heavy (non-hydrogen) atoms. The first-order valence-electron chi connectivity index (χ1n) is 4.43. The van der Waals surface area contributed by atoms with Crippen molar-refractivity contribution in [1.82, 2.24) is 0 Å². The zero-order valence-electron chi connectivity index (χ0n) is 7.48. The highest BCUT2D eigenvalue weighted by Crippen LogP contribution is 2.13. The van der Waals surface area contributed by atoms with Crippen LogP contribution in [0.1, 0.15) is 25.7 Å². The van der Waals surface area contributed by atoms with E-state index in [0.717, 1.165) is 32.0 Å². The Morgan fingerprint density at radius 3 is 3.00 bits per heavy atom. The summed E-state index contributed by atoms with van der Waals surface area (Å²) in [6.45, 7) is 0.232. The lowest BCUT2D eigenvalue weighted by Gasteiger charge is -2.03. The van der Waals surface area contributed by atoms with Gasteiger partial charge in [0.1, 0.15) is 6.29 Å². The number of unbranched alkanes of at least 4 members (excludes halogenated alkanes) is 2. The number of carbonyl (C=O) groups excluding carboxylic acids is 1. The van der Waals surface area contributed by atoms with Crippen LogP contribution in [0.15, 0.2) is 12.2 Å². The Kier molecular flexibility index (Phi) is 5.40. The van der Waals surface area contributed by atoms with Crippen LogP contribution in [0.2, 0.25) is 0 Å². The molecule has 4 nitrogen and oxygen atoms in total. The van der Waals surface area contributed by atoms with Gasteiger partial charge in [-0.25, -0.2) is 9.78 Å². The van der Waals surface area contributed by atoms with Gasteiger partial charge in [0, 0.05) is 6.42 Å². The highest BCUT2D eigenvalue weighted by molar-refractivity contribution is 5.64. The van der Waals surface area contributed by atoms with Crippen LogP contribution in [-0.2, 0) is 19.3 Å². The van der Waals surface area contributed by atoms with E-state index in [0.29, 0.717) is 0 Å². The van der Waals surface area contributed by atoms with Crippen molar-refractivity contribution in [3.8, 4) is 0 Å². The average Bonchev–Trinajstić information content (AvgIpc) is 2.63. The first-order chi connectivity index (χ1) is 6.43. The number of allylic oxidation sites excluding steroid dienone is 2. The Morgan fingerprint density at radius 2 is 2.31 bits per heavy atom. The van der Waals surface area contributed by atoms with E-state index >= 15 is 0 Å². The smallest absolute Gasteiger partial charge is 0.194 e. The molecule has 0 amide bonds. The van der Waals surface area contributed by atoms with Gasteiger partial charge < -0.3 is 4.74 Å². The summed E-state index contributed by atoms with van der Waals surface area (Å²) in [5, 5.41) is 0. The maximum absolute atomic E-state index is 9.90. The first-order valence-corrected chi connectivity index (χ1v) is 4.43. The van der Waals surface area contributed by atoms with Gasteiger partial charge in [-0.15, -0.1) is 0 Å². The van der Waals surface area contributed by atoms with Crippen LogP contribution in [-0.4, -0.2) is 19.4 Å². The number of carbonyl (C=O) groups is 1. The molecule has 0 aromatic carbocycles. The van der Waals surface area contributed by atoms with Crippen molar-refractivity contribution in [3.05, 3.63) is 12.2 Å². The summed E-state index contributed by atoms with van der Waals surface area (Å²) in [6.07, 6.45) is 7.78. The van der Waals surface area contributed by atoms with E-state index in [4.69, 9.17) is 9.62 Å². The van der Waals surface area contributed by atoms with Crippen molar-refractivity contribution < 1.29 is 19.3 Å². The molecular weight excluding hydrogens is 172 g/mol. The van der Waals surface area contributed by atoms with Crippen LogP contribution in [0.3, 0.4) is 0 Å². The molecule has 0 aliphatic carbocycles. The van der Waals surface area contributed by atoms with Gasteiger partial charge in [0.15, 0.2) is 13.1 Å². The predicted octanol–water partition coefficient (Wildman–Crippen LogP) is 1.56. The second-order valence-electron chi connectivity index (χ2n) is 2.78. The molecule has 4 heteroatoms. The summed E-state index contributed by atoms with van der Waals surface area (Å²) in [4.78, 5) is 19.3. The minimum atomic E-state index is -0.199. The second kappa shape index (κ2) is 6.77. The maximum Gasteiger partial charge on any atom is 0.194 e. The highest BCUT2D eigenvalue weighted by atomic mass is 17.3. The van der Waals surface area contributed by atoms with Gasteiger partial charge in [0.05, 0.1) is 0 Å². The van der Waals surface area contributed by atoms with Crippen LogP contribution in [0.25, 0.3) is 0 Å². The molecule has 0 saturated carbocycles. The normalized spacial score (nSPS) is 22.6. The lowest BCUT2D eigenvalue weighted by molar-refractivity contribution is -0.278. The van der Waals surface area contributed by atoms with Crippen LogP contribution >= 0.6 is 0 Å². The molecule has 0 bridgehead atoms. The summed E-state index contributed by atoms with van der Waals surface area (Å²) in [6, 6.07) is 0. The van der Waals surface area contributed by atoms with Gasteiger partial charge in [0.2, 0.25) is 0 Å². The molecule has 1 saturated heterocycles. The lowest BCUT2D eigenvalue weighted by atomic mass is 10.2. The van der Waals surface area contributed by atoms with Crippen LogP contribution < -0.4 is 0 Å². The summed E-state index contributed by atoms with van der Waals surface area (Å²) in [5.74, 6) is 0. The molecule has 0 aromatic heterocycles. The number of ether oxygens (including phenoxy) is 1. The molecule has 0 spiro atoms. The Morgan fingerprint density at radius 1 is 1.38 bits per heavy atom. The number of hydrogen-bond donors (Lipinski definition) is 0. The fourth-order valence-corrected chi connectivity index (χ4v) is 1.09. The minimum Gasteiger partial charge on any atom is -0.320 e. The van der Waals surface area contributed by atoms with Crippen molar-refractivity contribution in [1.29, 1.82) is 0 Å². The molecule has 1 fully saturated rings. The van der Waals surface area contributed by atoms with E-state index in [9.17, 15) is 4.79 Å². The molecule has 74 valence electrons. The van der Waals surface area contributed by atoms with Crippen molar-refractivity contribution in [2.45, 2.75) is 32.0 Å². The zero-order chi connectivity index (χ0) is 9.36. The highest BCUT2D eigenvalue weighted by Gasteiger charge is 2.16. The number of rotatable bonds is 6. The largest absolute Gasteiger partial charge is 0.320 e. The molecule has 1 unspecified atom stereocenters. The van der Waals surface area contributed by atoms with E-state index in [1.807, 2.05) is 6.08 Å². The van der Waals surface area contributed by atoms with Crippen molar-refractivity contribution in [2.75, 3.05) is 6.79 Å². The summed E-state index contributed by atoms with van der Waals surface area (Å²) < 4.78 is 5.06. The molecule has 1 aliphatic rings. The fraction of sp³-hybridized carbons (Fsp3) is 0.667. The predicted molar refractivity (Wildman–Crippen MR) is 45.6 cm³/mol. The second-order valence-corrected chi connectivity index (χ2v) is 2.78. The van der Waals surface area contributed by atoms with Crippen LogP contribution in [0.4, 0.5) is 0 Å². The third kappa shape index (κ3) is 4.77. The molecule has 1 atom stereocenters. The molecule has 0 aromatic rings. The standard InChI is InChI=1S/C9H14O4/c10-7-5-3-1-2-4-6-9-11-8-12-13-9/h3,5,7,9H,1-2,4,6,8H2/b5-3-. The minimum absolute atomic E-state index is 0.199. The van der Waals surface area contributed by atoms with Gasteiger partial charge >= 0.3 is 0 Å². The molecule has 0 radical (unpaired) electrons. The SMILES string of the molecule is O=C/C=C\CCCCC1OCOO1. The van der Waals surface area contributed by atoms with Gasteiger partial charge in [-0.2, -0.15) is 0 Å². The van der Waals surface area contributed by atoms with Gasteiger partial charge in [0.25, 0.3) is 0 Å². The van der Waals surface area contributed by atoms with E-state index in [-0.39, 0.29) is 13.1 Å². The maximum atomic E-state index is 9.90. The van der Waals surface area contributed by atoms with E-state index in [1.165, 1.54) is 6.08 Å². The quantitative estimate of drug-likeness (QED) is 0.273. The third-order valence-corrected chi connectivity index (χ3v) is 1.75. The average molecular weight is 186 g/mol. The van der Waals surface area contributed by atoms with E-state index < -0.39 is 0 Å². The molecule has 1 aliphatic heterocycles. The van der Waals surface area contributed by atoms with Gasteiger partial charge in [-0.1, -0.05) is 6.08 Å². The molecule has 1 heterocycles. The Labute approximate surface area is 77.4 Å². The zero-order valence-corrected chi connectivity index (χ0v) is 7.48. The number of aldehydes is 1. The fourth-order valence-electron chi connectivity index (χ4n) is 1.09. The Hall–Kier alpha value is -0.710. The summed E-state index contributed by atoms with van der Waals surface area (Å²) in [7, 11) is 0. The Bertz CT molecular complexity index is 161. The van der Waals surface area contributed by atoms with Crippen molar-refractivity contribution in [3.63, 3.8) is 0 Å². The molecular formula is C9H14O4. The van der Waals surface area contributed by atoms with Crippen LogP contribution in [0, 0.1) is 0 Å². The van der Waals surface area contributed by atoms with Crippen molar-refractivity contribution in [2.24, 2.45) is 0 Å². The van der Waals surface area contributed by atoms with Crippen LogP contribution in [0.5, 0.6) is 0 Å². The topological polar surface area (TPSA) is 44.8 Å². The van der Waals surface area contributed by atoms with E-state index in [1.54, 1.807) is 0 Å². The molecule has 1 rings (SSSR count). The lowest BCUT2D eigenvalue weighted by Crippen LogP contribution is -2.06. The summed E-state index contributed by atoms with van der Waals surface area (Å²) in [5.41, 5.74) is 0. The third-order valence-electron chi connectivity index (χ3n) is 1.75. The van der Waals surface area contributed by atoms with Gasteiger partial charge in [-0.3, -0.25) is 4.79 Å². The number of hydrogen-bond acceptors (Lipinski definition) is 4.